The first kappa shape index (κ1) is 8.30. The average molecular weight is 189 g/mol. The molecule has 0 radical (unpaired) electrons. The predicted molar refractivity (Wildman–Crippen MR) is 55.9 cm³/mol. The van der Waals surface area contributed by atoms with Crippen LogP contribution in [0.2, 0.25) is 0 Å². The summed E-state index contributed by atoms with van der Waals surface area (Å²) in [5, 5.41) is 0. The third-order valence-electron chi connectivity index (χ3n) is 3.44. The lowest BCUT2D eigenvalue weighted by molar-refractivity contribution is -0.0285. The zero-order valence-electron chi connectivity index (χ0n) is 8.25. The van der Waals surface area contributed by atoms with Gasteiger partial charge in [0.25, 0.3) is 0 Å². The minimum Gasteiger partial charge on any atom is -0.266 e. The van der Waals surface area contributed by atoms with E-state index in [1.54, 1.807) is 0 Å². The van der Waals surface area contributed by atoms with Crippen LogP contribution in [-0.2, 0) is 10.4 Å². The summed E-state index contributed by atoms with van der Waals surface area (Å²) in [4.78, 5) is 5.80. The number of rotatable bonds is 0. The first-order chi connectivity index (χ1) is 6.91. The lowest BCUT2D eigenvalue weighted by Gasteiger charge is -2.31. The minimum atomic E-state index is -0.00512. The van der Waals surface area contributed by atoms with Crippen LogP contribution in [0.5, 0.6) is 0 Å². The van der Waals surface area contributed by atoms with E-state index in [9.17, 15) is 0 Å². The molecule has 0 atom stereocenters. The van der Waals surface area contributed by atoms with Crippen LogP contribution in [-0.4, -0.2) is 0 Å². The Morgan fingerprint density at radius 1 is 1.07 bits per heavy atom. The van der Waals surface area contributed by atoms with Gasteiger partial charge >= 0.3 is 0 Å². The Morgan fingerprint density at radius 2 is 1.86 bits per heavy atom. The first-order valence-corrected chi connectivity index (χ1v) is 5.44. The standard InChI is InChI=1S/C12H15NO/c1-4-8-12(9-5-1)10-6-2-3-7-11(10)13-14-12/h2-3,6-7,13H,1,4-5,8-9H2. The van der Waals surface area contributed by atoms with Crippen LogP contribution >= 0.6 is 0 Å². The maximum Gasteiger partial charge on any atom is 0.123 e. The van der Waals surface area contributed by atoms with Crippen molar-refractivity contribution < 1.29 is 4.84 Å². The number of benzene rings is 1. The van der Waals surface area contributed by atoms with Crippen LogP contribution in [0.4, 0.5) is 5.69 Å². The molecule has 1 aromatic rings. The second-order valence-corrected chi connectivity index (χ2v) is 4.30. The number of hydrogen-bond donors (Lipinski definition) is 1. The van der Waals surface area contributed by atoms with Crippen LogP contribution in [0.1, 0.15) is 37.7 Å². The Bertz CT molecular complexity index is 336. The highest BCUT2D eigenvalue weighted by Gasteiger charge is 2.41. The quantitative estimate of drug-likeness (QED) is 0.676. The second kappa shape index (κ2) is 2.99. The molecule has 1 fully saturated rings. The molecule has 2 aliphatic rings. The van der Waals surface area contributed by atoms with Crippen molar-refractivity contribution in [3.8, 4) is 0 Å². The lowest BCUT2D eigenvalue weighted by Crippen LogP contribution is -2.28. The third-order valence-corrected chi connectivity index (χ3v) is 3.44. The Kier molecular flexibility index (Phi) is 1.77. The zero-order chi connectivity index (χ0) is 9.43. The highest BCUT2D eigenvalue weighted by molar-refractivity contribution is 5.55. The van der Waals surface area contributed by atoms with Gasteiger partial charge in [-0.2, -0.15) is 0 Å². The predicted octanol–water partition coefficient (Wildman–Crippen LogP) is 3.20. The van der Waals surface area contributed by atoms with Gasteiger partial charge in [-0.05, 0) is 18.9 Å². The molecule has 1 aromatic carbocycles. The topological polar surface area (TPSA) is 21.3 Å². The Labute approximate surface area is 84.2 Å². The van der Waals surface area contributed by atoms with Crippen molar-refractivity contribution in [1.82, 2.24) is 0 Å². The van der Waals surface area contributed by atoms with Crippen molar-refractivity contribution in [1.29, 1.82) is 0 Å². The molecule has 1 N–H and O–H groups in total. The van der Waals surface area contributed by atoms with Gasteiger partial charge in [0, 0.05) is 5.56 Å². The molecule has 1 heterocycles. The molecule has 74 valence electrons. The van der Waals surface area contributed by atoms with Crippen molar-refractivity contribution in [2.24, 2.45) is 0 Å². The van der Waals surface area contributed by atoms with Crippen molar-refractivity contribution in [2.75, 3.05) is 5.48 Å². The SMILES string of the molecule is c1ccc2c(c1)NOC21CCCCC1. The summed E-state index contributed by atoms with van der Waals surface area (Å²) < 4.78 is 0. The van der Waals surface area contributed by atoms with E-state index in [4.69, 9.17) is 4.84 Å². The monoisotopic (exact) mass is 189 g/mol. The normalized spacial score (nSPS) is 23.1. The van der Waals surface area contributed by atoms with Gasteiger partial charge in [-0.25, -0.2) is 0 Å². The molecule has 1 aliphatic carbocycles. The van der Waals surface area contributed by atoms with Gasteiger partial charge < -0.3 is 0 Å². The molecule has 2 heteroatoms. The fourth-order valence-corrected chi connectivity index (χ4v) is 2.67. The summed E-state index contributed by atoms with van der Waals surface area (Å²) in [6, 6.07) is 8.45. The van der Waals surface area contributed by atoms with Crippen LogP contribution in [0, 0.1) is 0 Å². The zero-order valence-corrected chi connectivity index (χ0v) is 8.25. The molecule has 0 bridgehead atoms. The second-order valence-electron chi connectivity index (χ2n) is 4.30. The third kappa shape index (κ3) is 1.07. The molecule has 0 saturated heterocycles. The summed E-state index contributed by atoms with van der Waals surface area (Å²) in [7, 11) is 0. The molecule has 3 rings (SSSR count). The van der Waals surface area contributed by atoms with Gasteiger partial charge in [0.15, 0.2) is 0 Å². The average Bonchev–Trinajstić information content (AvgIpc) is 2.60. The van der Waals surface area contributed by atoms with Crippen molar-refractivity contribution in [2.45, 2.75) is 37.7 Å². The summed E-state index contributed by atoms with van der Waals surface area (Å²) in [5.41, 5.74) is 5.58. The van der Waals surface area contributed by atoms with Gasteiger partial charge in [-0.1, -0.05) is 37.5 Å². The summed E-state index contributed by atoms with van der Waals surface area (Å²) in [6.07, 6.45) is 6.26. The highest BCUT2D eigenvalue weighted by atomic mass is 16.7. The number of para-hydroxylation sites is 1. The van der Waals surface area contributed by atoms with Gasteiger partial charge in [-0.15, -0.1) is 0 Å². The number of nitrogens with one attached hydrogen (secondary N) is 1. The summed E-state index contributed by atoms with van der Waals surface area (Å²) >= 11 is 0. The Morgan fingerprint density at radius 3 is 2.71 bits per heavy atom. The molecular formula is C12H15NO. The van der Waals surface area contributed by atoms with E-state index in [-0.39, 0.29) is 5.60 Å². The highest BCUT2D eigenvalue weighted by Crippen LogP contribution is 2.47. The maximum absolute atomic E-state index is 5.80. The molecule has 1 aliphatic heterocycles. The fraction of sp³-hybridized carbons (Fsp3) is 0.500. The van der Waals surface area contributed by atoms with E-state index in [1.807, 2.05) is 0 Å². The van der Waals surface area contributed by atoms with Gasteiger partial charge in [0.05, 0.1) is 5.69 Å². The lowest BCUT2D eigenvalue weighted by atomic mass is 9.80. The minimum absolute atomic E-state index is 0.00512. The van der Waals surface area contributed by atoms with Gasteiger partial charge in [0.2, 0.25) is 0 Å². The molecule has 0 aromatic heterocycles. The van der Waals surface area contributed by atoms with E-state index in [1.165, 1.54) is 24.8 Å². The first-order valence-electron chi connectivity index (χ1n) is 5.44. The van der Waals surface area contributed by atoms with Crippen molar-refractivity contribution in [3.05, 3.63) is 29.8 Å². The van der Waals surface area contributed by atoms with E-state index in [0.29, 0.717) is 0 Å². The summed E-state index contributed by atoms with van der Waals surface area (Å²) in [6.45, 7) is 0. The van der Waals surface area contributed by atoms with Crippen LogP contribution in [0.3, 0.4) is 0 Å². The fourth-order valence-electron chi connectivity index (χ4n) is 2.67. The van der Waals surface area contributed by atoms with Crippen LogP contribution in [0.15, 0.2) is 24.3 Å². The number of anilines is 1. The largest absolute Gasteiger partial charge is 0.266 e. The Hall–Kier alpha value is -1.02. The molecule has 0 unspecified atom stereocenters. The molecule has 1 spiro atoms. The van der Waals surface area contributed by atoms with Gasteiger partial charge in [0.1, 0.15) is 5.60 Å². The van der Waals surface area contributed by atoms with E-state index in [2.05, 4.69) is 29.7 Å². The molecule has 14 heavy (non-hydrogen) atoms. The molecular weight excluding hydrogens is 174 g/mol. The van der Waals surface area contributed by atoms with Crippen LogP contribution in [0.25, 0.3) is 0 Å². The van der Waals surface area contributed by atoms with E-state index in [0.717, 1.165) is 18.5 Å². The molecule has 0 amide bonds. The summed E-state index contributed by atoms with van der Waals surface area (Å²) in [5.74, 6) is 0. The Balaban J connectivity index is 2.03. The van der Waals surface area contributed by atoms with E-state index >= 15 is 0 Å². The van der Waals surface area contributed by atoms with Crippen molar-refractivity contribution in [3.63, 3.8) is 0 Å². The molecule has 1 saturated carbocycles. The van der Waals surface area contributed by atoms with Crippen LogP contribution < -0.4 is 5.48 Å². The molecule has 2 nitrogen and oxygen atoms in total. The maximum atomic E-state index is 5.80. The smallest absolute Gasteiger partial charge is 0.123 e. The number of hydrogen-bond acceptors (Lipinski definition) is 2. The number of fused-ring (bicyclic) bond motifs is 2. The van der Waals surface area contributed by atoms with Gasteiger partial charge in [-0.3, -0.25) is 10.3 Å². The van der Waals surface area contributed by atoms with Crippen molar-refractivity contribution >= 4 is 5.69 Å². The van der Waals surface area contributed by atoms with E-state index < -0.39 is 0 Å².